The second-order valence-electron chi connectivity index (χ2n) is 5.79. The molecule has 0 aliphatic heterocycles. The van der Waals surface area contributed by atoms with E-state index in [1.807, 2.05) is 37.3 Å². The summed E-state index contributed by atoms with van der Waals surface area (Å²) >= 11 is 2.29. The van der Waals surface area contributed by atoms with Gasteiger partial charge < -0.3 is 14.6 Å². The quantitative estimate of drug-likeness (QED) is 0.424. The highest BCUT2D eigenvalue weighted by Gasteiger charge is 2.17. The average Bonchev–Trinajstić information content (AvgIpc) is 2.64. The van der Waals surface area contributed by atoms with Crippen molar-refractivity contribution in [2.75, 3.05) is 6.61 Å². The first-order chi connectivity index (χ1) is 12.5. The molecule has 0 saturated carbocycles. The molecule has 5 heteroatoms. The zero-order chi connectivity index (χ0) is 18.9. The maximum atomic E-state index is 11.2. The standard InChI is InChI=1S/C21H23IO4/c1-3-18(13-15-5-9-17(22)10-6-15)26-19-11-7-16(8-12-19)14-20(21(23)24)25-4-2/h3,5-12,20H,4,13-14H2,1-2H3,(H,23,24). The van der Waals surface area contributed by atoms with E-state index in [9.17, 15) is 9.90 Å². The molecule has 4 nitrogen and oxygen atoms in total. The second-order valence-corrected chi connectivity index (χ2v) is 7.04. The van der Waals surface area contributed by atoms with Crippen LogP contribution in [0.15, 0.2) is 60.4 Å². The van der Waals surface area contributed by atoms with Gasteiger partial charge in [-0.2, -0.15) is 0 Å². The maximum absolute atomic E-state index is 11.2. The highest BCUT2D eigenvalue weighted by molar-refractivity contribution is 14.1. The smallest absolute Gasteiger partial charge is 0.333 e. The largest absolute Gasteiger partial charge is 0.479 e. The third kappa shape index (κ3) is 6.46. The van der Waals surface area contributed by atoms with Crippen LogP contribution in [0.1, 0.15) is 25.0 Å². The molecule has 0 bridgehead atoms. The van der Waals surface area contributed by atoms with Crippen LogP contribution in [0.3, 0.4) is 0 Å². The summed E-state index contributed by atoms with van der Waals surface area (Å²) in [5, 5.41) is 9.17. The SMILES string of the molecule is CC=C(Cc1ccc(I)cc1)Oc1ccc(CC(OCC)C(=O)O)cc1. The number of hydrogen-bond donors (Lipinski definition) is 1. The van der Waals surface area contributed by atoms with Gasteiger partial charge >= 0.3 is 5.97 Å². The van der Waals surface area contributed by atoms with Crippen molar-refractivity contribution < 1.29 is 19.4 Å². The summed E-state index contributed by atoms with van der Waals surface area (Å²) in [5.41, 5.74) is 2.09. The van der Waals surface area contributed by atoms with Crippen LogP contribution >= 0.6 is 22.6 Å². The van der Waals surface area contributed by atoms with Crippen LogP contribution in [0.5, 0.6) is 5.75 Å². The molecule has 26 heavy (non-hydrogen) atoms. The molecule has 0 saturated heterocycles. The van der Waals surface area contributed by atoms with Crippen molar-refractivity contribution in [3.05, 3.63) is 75.1 Å². The van der Waals surface area contributed by atoms with Gasteiger partial charge in [0.1, 0.15) is 11.5 Å². The Morgan fingerprint density at radius 3 is 2.27 bits per heavy atom. The van der Waals surface area contributed by atoms with Gasteiger partial charge in [0.2, 0.25) is 0 Å². The number of carbonyl (C=O) groups is 1. The summed E-state index contributed by atoms with van der Waals surface area (Å²) < 4.78 is 12.4. The van der Waals surface area contributed by atoms with Crippen LogP contribution in [-0.2, 0) is 22.4 Å². The van der Waals surface area contributed by atoms with E-state index in [1.165, 1.54) is 9.13 Å². The summed E-state index contributed by atoms with van der Waals surface area (Å²) in [6.07, 6.45) is 2.20. The highest BCUT2D eigenvalue weighted by atomic mass is 127. The summed E-state index contributed by atoms with van der Waals surface area (Å²) in [6, 6.07) is 15.8. The van der Waals surface area contributed by atoms with Crippen molar-refractivity contribution in [1.82, 2.24) is 0 Å². The molecule has 0 spiro atoms. The number of allylic oxidation sites excluding steroid dienone is 2. The summed E-state index contributed by atoms with van der Waals surface area (Å²) in [4.78, 5) is 11.2. The van der Waals surface area contributed by atoms with E-state index in [0.29, 0.717) is 13.0 Å². The summed E-state index contributed by atoms with van der Waals surface area (Å²) in [5.74, 6) is 0.660. The molecule has 0 aromatic heterocycles. The van der Waals surface area contributed by atoms with Gasteiger partial charge in [0, 0.05) is 23.0 Å². The zero-order valence-electron chi connectivity index (χ0n) is 14.9. The molecule has 0 radical (unpaired) electrons. The van der Waals surface area contributed by atoms with E-state index in [2.05, 4.69) is 46.9 Å². The minimum absolute atomic E-state index is 0.336. The van der Waals surface area contributed by atoms with Crippen LogP contribution in [-0.4, -0.2) is 23.8 Å². The Morgan fingerprint density at radius 1 is 1.12 bits per heavy atom. The number of hydrogen-bond acceptors (Lipinski definition) is 3. The van der Waals surface area contributed by atoms with Crippen LogP contribution in [0, 0.1) is 3.57 Å². The first kappa shape index (κ1) is 20.5. The number of benzene rings is 2. The average molecular weight is 466 g/mol. The second kappa shape index (κ2) is 10.3. The number of carboxylic acids is 1. The third-order valence-corrected chi connectivity index (χ3v) is 4.57. The van der Waals surface area contributed by atoms with Gasteiger partial charge in [-0.05, 0) is 77.9 Å². The molecule has 138 valence electrons. The number of carboxylic acid groups (broad SMARTS) is 1. The molecule has 1 unspecified atom stereocenters. The van der Waals surface area contributed by atoms with Crippen LogP contribution < -0.4 is 4.74 Å². The van der Waals surface area contributed by atoms with E-state index in [0.717, 1.165) is 23.5 Å². The Morgan fingerprint density at radius 2 is 1.73 bits per heavy atom. The molecule has 0 aliphatic carbocycles. The lowest BCUT2D eigenvalue weighted by atomic mass is 10.1. The van der Waals surface area contributed by atoms with Gasteiger partial charge in [-0.1, -0.05) is 24.3 Å². The molecule has 0 amide bonds. The van der Waals surface area contributed by atoms with E-state index < -0.39 is 12.1 Å². The van der Waals surface area contributed by atoms with Crippen molar-refractivity contribution >= 4 is 28.6 Å². The van der Waals surface area contributed by atoms with E-state index in [1.54, 1.807) is 6.92 Å². The van der Waals surface area contributed by atoms with E-state index >= 15 is 0 Å². The van der Waals surface area contributed by atoms with Gasteiger partial charge in [-0.25, -0.2) is 4.79 Å². The Labute approximate surface area is 168 Å². The van der Waals surface area contributed by atoms with Gasteiger partial charge in [-0.15, -0.1) is 0 Å². The molecule has 0 aliphatic rings. The number of rotatable bonds is 9. The number of halogens is 1. The fraction of sp³-hybridized carbons (Fsp3) is 0.286. The molecule has 0 fully saturated rings. The van der Waals surface area contributed by atoms with Crippen molar-refractivity contribution in [2.45, 2.75) is 32.8 Å². The van der Waals surface area contributed by atoms with Crippen molar-refractivity contribution in [3.63, 3.8) is 0 Å². The van der Waals surface area contributed by atoms with Crippen LogP contribution in [0.4, 0.5) is 0 Å². The Hall–Kier alpha value is -1.86. The zero-order valence-corrected chi connectivity index (χ0v) is 17.1. The summed E-state index contributed by atoms with van der Waals surface area (Å²) in [6.45, 7) is 4.12. The highest BCUT2D eigenvalue weighted by Crippen LogP contribution is 2.19. The molecule has 1 N–H and O–H groups in total. The first-order valence-corrected chi connectivity index (χ1v) is 9.60. The minimum atomic E-state index is -0.944. The lowest BCUT2D eigenvalue weighted by molar-refractivity contribution is -0.149. The molecule has 2 aromatic carbocycles. The molecule has 2 rings (SSSR count). The monoisotopic (exact) mass is 466 g/mol. The normalized spacial score (nSPS) is 12.7. The molecule has 1 atom stereocenters. The lowest BCUT2D eigenvalue weighted by Gasteiger charge is -2.13. The van der Waals surface area contributed by atoms with Crippen molar-refractivity contribution in [1.29, 1.82) is 0 Å². The maximum Gasteiger partial charge on any atom is 0.333 e. The molecule has 0 heterocycles. The minimum Gasteiger partial charge on any atom is -0.479 e. The van der Waals surface area contributed by atoms with Crippen LogP contribution in [0.2, 0.25) is 0 Å². The third-order valence-electron chi connectivity index (χ3n) is 3.85. The topological polar surface area (TPSA) is 55.8 Å². The predicted molar refractivity (Wildman–Crippen MR) is 110 cm³/mol. The molecule has 2 aromatic rings. The van der Waals surface area contributed by atoms with Gasteiger partial charge in [0.05, 0.1) is 0 Å². The van der Waals surface area contributed by atoms with E-state index in [4.69, 9.17) is 9.47 Å². The lowest BCUT2D eigenvalue weighted by Crippen LogP contribution is -2.26. The Bertz CT molecular complexity index is 736. The Kier molecular flexibility index (Phi) is 8.12. The van der Waals surface area contributed by atoms with Gasteiger partial charge in [-0.3, -0.25) is 0 Å². The van der Waals surface area contributed by atoms with Crippen LogP contribution in [0.25, 0.3) is 0 Å². The molecular weight excluding hydrogens is 443 g/mol. The predicted octanol–water partition coefficient (Wildman–Crippen LogP) is 4.85. The van der Waals surface area contributed by atoms with E-state index in [-0.39, 0.29) is 0 Å². The fourth-order valence-electron chi connectivity index (χ4n) is 2.48. The van der Waals surface area contributed by atoms with Crippen molar-refractivity contribution in [2.24, 2.45) is 0 Å². The first-order valence-electron chi connectivity index (χ1n) is 8.52. The van der Waals surface area contributed by atoms with Gasteiger partial charge in [0.15, 0.2) is 6.10 Å². The number of ether oxygens (including phenoxy) is 2. The number of aliphatic carboxylic acids is 1. The summed E-state index contributed by atoms with van der Waals surface area (Å²) in [7, 11) is 0. The van der Waals surface area contributed by atoms with Crippen molar-refractivity contribution in [3.8, 4) is 5.75 Å². The fourth-order valence-corrected chi connectivity index (χ4v) is 2.84. The Balaban J connectivity index is 1.98. The van der Waals surface area contributed by atoms with Gasteiger partial charge in [0.25, 0.3) is 0 Å². The molecular formula is C21H23IO4.